The van der Waals surface area contributed by atoms with Gasteiger partial charge < -0.3 is 10.4 Å². The maximum Gasteiger partial charge on any atom is 0.223 e. The number of pyridine rings is 1. The van der Waals surface area contributed by atoms with Crippen LogP contribution in [-0.4, -0.2) is 21.6 Å². The molecule has 19 heavy (non-hydrogen) atoms. The molecule has 2 rings (SSSR count). The second kappa shape index (κ2) is 6.15. The third-order valence-corrected chi connectivity index (χ3v) is 3.69. The van der Waals surface area contributed by atoms with Gasteiger partial charge in [0, 0.05) is 5.69 Å². The first kappa shape index (κ1) is 14.0. The number of aryl methyl sites for hydroxylation is 1. The first-order valence-corrected chi connectivity index (χ1v) is 6.99. The molecule has 2 N–H and O–H groups in total. The number of aliphatic hydroxyl groups is 1. The number of carbonyl (C=O) groups excluding carboxylic acids is 1. The molecule has 1 fully saturated rings. The number of hydrogen-bond acceptors (Lipinski definition) is 3. The minimum atomic E-state index is -0.789. The van der Waals surface area contributed by atoms with Crippen LogP contribution in [0.5, 0.6) is 0 Å². The van der Waals surface area contributed by atoms with Crippen LogP contribution in [0.1, 0.15) is 49.9 Å². The Hall–Kier alpha value is -1.42. The molecule has 1 heterocycles. The van der Waals surface area contributed by atoms with Crippen molar-refractivity contribution in [2.75, 3.05) is 0 Å². The summed E-state index contributed by atoms with van der Waals surface area (Å²) in [6.07, 6.45) is 4.88. The smallest absolute Gasteiger partial charge is 0.223 e. The fraction of sp³-hybridized carbons (Fsp3) is 0.600. The van der Waals surface area contributed by atoms with Crippen LogP contribution in [0, 0.1) is 6.92 Å². The van der Waals surface area contributed by atoms with Gasteiger partial charge in [-0.15, -0.1) is 0 Å². The van der Waals surface area contributed by atoms with E-state index in [0.29, 0.717) is 6.54 Å². The zero-order valence-electron chi connectivity index (χ0n) is 11.5. The molecule has 1 aliphatic carbocycles. The summed E-state index contributed by atoms with van der Waals surface area (Å²) in [5.74, 6) is -0.0901. The number of amides is 1. The van der Waals surface area contributed by atoms with Crippen LogP contribution in [0.25, 0.3) is 0 Å². The lowest BCUT2D eigenvalue weighted by atomic mass is 9.82. The Bertz CT molecular complexity index is 440. The van der Waals surface area contributed by atoms with E-state index in [4.69, 9.17) is 0 Å². The second-order valence-electron chi connectivity index (χ2n) is 5.51. The molecule has 1 aromatic heterocycles. The summed E-state index contributed by atoms with van der Waals surface area (Å²) < 4.78 is 0. The van der Waals surface area contributed by atoms with E-state index < -0.39 is 5.60 Å². The van der Waals surface area contributed by atoms with Crippen LogP contribution in [-0.2, 0) is 11.3 Å². The number of carbonyl (C=O) groups is 1. The first-order valence-electron chi connectivity index (χ1n) is 6.99. The van der Waals surface area contributed by atoms with Crippen molar-refractivity contribution in [1.29, 1.82) is 0 Å². The summed E-state index contributed by atoms with van der Waals surface area (Å²) in [6, 6.07) is 5.75. The molecule has 0 radical (unpaired) electrons. The van der Waals surface area contributed by atoms with E-state index in [1.165, 1.54) is 0 Å². The third kappa shape index (κ3) is 4.31. The average molecular weight is 262 g/mol. The predicted octanol–water partition coefficient (Wildman–Crippen LogP) is 2.09. The molecule has 0 atom stereocenters. The van der Waals surface area contributed by atoms with Gasteiger partial charge in [0.05, 0.1) is 24.3 Å². The van der Waals surface area contributed by atoms with Gasteiger partial charge in [0.1, 0.15) is 0 Å². The van der Waals surface area contributed by atoms with Crippen LogP contribution < -0.4 is 5.32 Å². The van der Waals surface area contributed by atoms with E-state index in [1.807, 2.05) is 25.1 Å². The molecule has 0 saturated heterocycles. The second-order valence-corrected chi connectivity index (χ2v) is 5.51. The lowest BCUT2D eigenvalue weighted by Gasteiger charge is -2.31. The molecule has 0 aromatic carbocycles. The predicted molar refractivity (Wildman–Crippen MR) is 73.5 cm³/mol. The van der Waals surface area contributed by atoms with E-state index in [2.05, 4.69) is 10.3 Å². The van der Waals surface area contributed by atoms with Crippen LogP contribution in [0.4, 0.5) is 0 Å². The number of rotatable bonds is 4. The summed E-state index contributed by atoms with van der Waals surface area (Å²) >= 11 is 0. The zero-order valence-corrected chi connectivity index (χ0v) is 11.5. The maximum absolute atomic E-state index is 11.9. The highest BCUT2D eigenvalue weighted by molar-refractivity contribution is 5.76. The van der Waals surface area contributed by atoms with Gasteiger partial charge in [0.2, 0.25) is 5.91 Å². The van der Waals surface area contributed by atoms with E-state index in [0.717, 1.165) is 43.5 Å². The Balaban J connectivity index is 1.81. The molecule has 0 bridgehead atoms. The van der Waals surface area contributed by atoms with Gasteiger partial charge in [-0.2, -0.15) is 0 Å². The molecule has 4 nitrogen and oxygen atoms in total. The van der Waals surface area contributed by atoms with E-state index in [9.17, 15) is 9.90 Å². The van der Waals surface area contributed by atoms with Crippen LogP contribution in [0.2, 0.25) is 0 Å². The van der Waals surface area contributed by atoms with Crippen molar-refractivity contribution in [3.05, 3.63) is 29.6 Å². The normalized spacial score (nSPS) is 18.0. The summed E-state index contributed by atoms with van der Waals surface area (Å²) in [7, 11) is 0. The summed E-state index contributed by atoms with van der Waals surface area (Å²) in [4.78, 5) is 16.2. The molecular formula is C15H22N2O2. The van der Waals surface area contributed by atoms with Crippen molar-refractivity contribution in [1.82, 2.24) is 10.3 Å². The van der Waals surface area contributed by atoms with Gasteiger partial charge in [-0.1, -0.05) is 25.3 Å². The van der Waals surface area contributed by atoms with Gasteiger partial charge in [-0.25, -0.2) is 0 Å². The molecule has 0 spiro atoms. The standard InChI is InChI=1S/C15H22N2O2/c1-12-6-5-7-13(17-12)11-16-14(18)10-15(19)8-3-2-4-9-15/h5-7,19H,2-4,8-11H2,1H3,(H,16,18). The van der Waals surface area contributed by atoms with Crippen LogP contribution in [0.15, 0.2) is 18.2 Å². The Morgan fingerprint density at radius 1 is 1.37 bits per heavy atom. The molecule has 4 heteroatoms. The monoisotopic (exact) mass is 262 g/mol. The third-order valence-electron chi connectivity index (χ3n) is 3.69. The average Bonchev–Trinajstić information content (AvgIpc) is 2.37. The van der Waals surface area contributed by atoms with Gasteiger partial charge in [-0.3, -0.25) is 9.78 Å². The number of aromatic nitrogens is 1. The molecule has 0 unspecified atom stereocenters. The molecule has 1 saturated carbocycles. The van der Waals surface area contributed by atoms with Gasteiger partial charge in [0.25, 0.3) is 0 Å². The van der Waals surface area contributed by atoms with Gasteiger partial charge >= 0.3 is 0 Å². The Labute approximate surface area is 114 Å². The van der Waals surface area contributed by atoms with Crippen molar-refractivity contribution in [2.24, 2.45) is 0 Å². The minimum Gasteiger partial charge on any atom is -0.389 e. The van der Waals surface area contributed by atoms with Crippen molar-refractivity contribution in [3.8, 4) is 0 Å². The van der Waals surface area contributed by atoms with Crippen molar-refractivity contribution in [2.45, 2.75) is 57.6 Å². The van der Waals surface area contributed by atoms with E-state index in [1.54, 1.807) is 0 Å². The lowest BCUT2D eigenvalue weighted by molar-refractivity contribution is -0.127. The molecule has 1 aromatic rings. The largest absolute Gasteiger partial charge is 0.389 e. The lowest BCUT2D eigenvalue weighted by Crippen LogP contribution is -2.38. The fourth-order valence-corrected chi connectivity index (χ4v) is 2.64. The minimum absolute atomic E-state index is 0.0901. The molecule has 0 aliphatic heterocycles. The maximum atomic E-state index is 11.9. The van der Waals surface area contributed by atoms with E-state index >= 15 is 0 Å². The quantitative estimate of drug-likeness (QED) is 0.873. The molecule has 1 amide bonds. The number of nitrogens with one attached hydrogen (secondary N) is 1. The summed E-state index contributed by atoms with van der Waals surface area (Å²) in [5, 5.41) is 13.1. The van der Waals surface area contributed by atoms with Crippen molar-refractivity contribution < 1.29 is 9.90 Å². The van der Waals surface area contributed by atoms with Crippen LogP contribution in [0.3, 0.4) is 0 Å². The van der Waals surface area contributed by atoms with Gasteiger partial charge in [-0.05, 0) is 31.9 Å². The van der Waals surface area contributed by atoms with E-state index in [-0.39, 0.29) is 12.3 Å². The number of nitrogens with zero attached hydrogens (tertiary/aromatic N) is 1. The number of hydrogen-bond donors (Lipinski definition) is 2. The summed E-state index contributed by atoms with van der Waals surface area (Å²) in [5.41, 5.74) is 1.00. The Morgan fingerprint density at radius 2 is 2.11 bits per heavy atom. The Kier molecular flexibility index (Phi) is 4.53. The highest BCUT2D eigenvalue weighted by atomic mass is 16.3. The highest BCUT2D eigenvalue weighted by Crippen LogP contribution is 2.30. The molecule has 1 aliphatic rings. The zero-order chi connectivity index (χ0) is 13.7. The highest BCUT2D eigenvalue weighted by Gasteiger charge is 2.31. The van der Waals surface area contributed by atoms with Crippen molar-refractivity contribution >= 4 is 5.91 Å². The molecular weight excluding hydrogens is 240 g/mol. The first-order chi connectivity index (χ1) is 9.07. The topological polar surface area (TPSA) is 62.2 Å². The Morgan fingerprint density at radius 3 is 2.79 bits per heavy atom. The van der Waals surface area contributed by atoms with Crippen molar-refractivity contribution in [3.63, 3.8) is 0 Å². The van der Waals surface area contributed by atoms with Crippen LogP contribution >= 0.6 is 0 Å². The molecule has 104 valence electrons. The fourth-order valence-electron chi connectivity index (χ4n) is 2.64. The SMILES string of the molecule is Cc1cccc(CNC(=O)CC2(O)CCCCC2)n1. The van der Waals surface area contributed by atoms with Gasteiger partial charge in [0.15, 0.2) is 0 Å². The summed E-state index contributed by atoms with van der Waals surface area (Å²) in [6.45, 7) is 2.35.